The predicted molar refractivity (Wildman–Crippen MR) is 114 cm³/mol. The summed E-state index contributed by atoms with van der Waals surface area (Å²) in [6.07, 6.45) is -0.636. The molecule has 0 saturated carbocycles. The van der Waals surface area contributed by atoms with Crippen molar-refractivity contribution in [3.8, 4) is 17.2 Å². The summed E-state index contributed by atoms with van der Waals surface area (Å²) in [6, 6.07) is 10.7. The van der Waals surface area contributed by atoms with Crippen molar-refractivity contribution in [2.24, 2.45) is 0 Å². The molecule has 0 aromatic heterocycles. The van der Waals surface area contributed by atoms with Gasteiger partial charge >= 0.3 is 0 Å². The fourth-order valence-electron chi connectivity index (χ4n) is 3.08. The van der Waals surface area contributed by atoms with E-state index in [2.05, 4.69) is 0 Å². The molecule has 0 saturated heterocycles. The van der Waals surface area contributed by atoms with E-state index in [4.69, 9.17) is 14.2 Å². The maximum absolute atomic E-state index is 14.4. The highest BCUT2D eigenvalue weighted by atomic mass is 19.3. The van der Waals surface area contributed by atoms with E-state index in [1.807, 2.05) is 6.92 Å². The van der Waals surface area contributed by atoms with E-state index in [1.165, 1.54) is 12.1 Å². The van der Waals surface area contributed by atoms with E-state index in [0.717, 1.165) is 17.7 Å². The third-order valence-electron chi connectivity index (χ3n) is 4.84. The van der Waals surface area contributed by atoms with Crippen molar-refractivity contribution >= 4 is 0 Å². The van der Waals surface area contributed by atoms with E-state index in [1.54, 1.807) is 31.2 Å². The van der Waals surface area contributed by atoms with Crippen molar-refractivity contribution in [2.45, 2.75) is 32.8 Å². The van der Waals surface area contributed by atoms with Gasteiger partial charge in [0.15, 0.2) is 29.7 Å². The van der Waals surface area contributed by atoms with Crippen LogP contribution in [0, 0.1) is 30.2 Å². The number of ether oxygens (including phenoxy) is 3. The Kier molecular flexibility index (Phi) is 7.96. The summed E-state index contributed by atoms with van der Waals surface area (Å²) >= 11 is 0. The zero-order valence-corrected chi connectivity index (χ0v) is 18.4. The molecule has 0 N–H and O–H groups in total. The molecule has 0 aliphatic heterocycles. The third kappa shape index (κ3) is 6.15. The van der Waals surface area contributed by atoms with Crippen LogP contribution in [0.25, 0.3) is 0 Å². The first-order chi connectivity index (χ1) is 16.1. The first kappa shape index (κ1) is 25.3. The molecular formula is C25H22F6O3. The molecule has 0 aliphatic rings. The molecular weight excluding hydrogens is 462 g/mol. The van der Waals surface area contributed by atoms with E-state index >= 15 is 0 Å². The molecule has 9 heteroatoms. The average Bonchev–Trinajstić information content (AvgIpc) is 2.80. The molecule has 0 atom stereocenters. The maximum Gasteiger partial charge on any atom is 0.285 e. The van der Waals surface area contributed by atoms with Gasteiger partial charge in [-0.05, 0) is 43.7 Å². The fraction of sp³-hybridized carbons (Fsp3) is 0.280. The summed E-state index contributed by atoms with van der Waals surface area (Å²) in [5.41, 5.74) is 1.03. The lowest BCUT2D eigenvalue weighted by molar-refractivity contribution is -0.0410. The molecule has 0 fully saturated rings. The smallest absolute Gasteiger partial charge is 0.285 e. The number of benzene rings is 3. The van der Waals surface area contributed by atoms with Crippen molar-refractivity contribution in [1.82, 2.24) is 0 Å². The summed E-state index contributed by atoms with van der Waals surface area (Å²) in [4.78, 5) is 0. The minimum absolute atomic E-state index is 0.128. The quantitative estimate of drug-likeness (QED) is 0.297. The van der Waals surface area contributed by atoms with Crippen molar-refractivity contribution in [1.29, 1.82) is 0 Å². The number of halogens is 6. The van der Waals surface area contributed by atoms with Gasteiger partial charge in [-0.25, -0.2) is 13.2 Å². The van der Waals surface area contributed by atoms with Crippen LogP contribution in [0.1, 0.15) is 23.6 Å². The minimum Gasteiger partial charge on any atom is -0.491 e. The van der Waals surface area contributed by atoms with Gasteiger partial charge in [-0.1, -0.05) is 29.8 Å². The van der Waals surface area contributed by atoms with E-state index in [9.17, 15) is 26.3 Å². The van der Waals surface area contributed by atoms with Crippen LogP contribution in [0.4, 0.5) is 26.3 Å². The van der Waals surface area contributed by atoms with Crippen LogP contribution in [0.15, 0.2) is 48.5 Å². The Bertz CT molecular complexity index is 1130. The molecule has 3 rings (SSSR count). The fourth-order valence-corrected chi connectivity index (χ4v) is 3.08. The van der Waals surface area contributed by atoms with E-state index < -0.39 is 60.3 Å². The second-order valence-corrected chi connectivity index (χ2v) is 7.57. The van der Waals surface area contributed by atoms with Crippen LogP contribution in [0.2, 0.25) is 0 Å². The normalized spacial score (nSPS) is 11.4. The summed E-state index contributed by atoms with van der Waals surface area (Å²) in [5.74, 6) is -10.5. The molecule has 34 heavy (non-hydrogen) atoms. The molecule has 0 radical (unpaired) electrons. The number of hydrogen-bond acceptors (Lipinski definition) is 3. The topological polar surface area (TPSA) is 27.7 Å². The van der Waals surface area contributed by atoms with Gasteiger partial charge in [-0.15, -0.1) is 0 Å². The minimum atomic E-state index is -3.33. The number of rotatable bonds is 10. The highest BCUT2D eigenvalue weighted by Crippen LogP contribution is 2.31. The molecule has 0 bridgehead atoms. The van der Waals surface area contributed by atoms with Gasteiger partial charge in [-0.3, -0.25) is 0 Å². The van der Waals surface area contributed by atoms with Gasteiger partial charge in [0.2, 0.25) is 17.5 Å². The van der Waals surface area contributed by atoms with Crippen LogP contribution < -0.4 is 14.2 Å². The Morgan fingerprint density at radius 2 is 1.21 bits per heavy atom. The van der Waals surface area contributed by atoms with Gasteiger partial charge in [0, 0.05) is 12.0 Å². The van der Waals surface area contributed by atoms with Gasteiger partial charge in [0.1, 0.15) is 6.61 Å². The molecule has 0 heterocycles. The Labute approximate surface area is 192 Å². The standard InChI is InChI=1S/C25H22F6O3/c1-3-32-18-9-8-17(21(26)22(18)27)13-33-19-10-11-20(24(29)23(19)28)34-14-25(30,31)12-16-6-4-15(2)5-7-16/h4-11H,3,12-14H2,1-2H3. The highest BCUT2D eigenvalue weighted by Gasteiger charge is 2.31. The Balaban J connectivity index is 1.64. The molecule has 3 aromatic rings. The molecule has 0 aliphatic carbocycles. The second-order valence-electron chi connectivity index (χ2n) is 7.57. The Morgan fingerprint density at radius 1 is 0.676 bits per heavy atom. The lowest BCUT2D eigenvalue weighted by Crippen LogP contribution is -2.28. The van der Waals surface area contributed by atoms with E-state index in [0.29, 0.717) is 5.56 Å². The SMILES string of the molecule is CCOc1ccc(COc2ccc(OCC(F)(F)Cc3ccc(C)cc3)c(F)c2F)c(F)c1F. The molecule has 3 aromatic carbocycles. The van der Waals surface area contributed by atoms with Crippen molar-refractivity contribution in [3.63, 3.8) is 0 Å². The first-order valence-electron chi connectivity index (χ1n) is 10.4. The molecule has 3 nitrogen and oxygen atoms in total. The zero-order chi connectivity index (χ0) is 24.9. The zero-order valence-electron chi connectivity index (χ0n) is 18.4. The second kappa shape index (κ2) is 10.7. The average molecular weight is 484 g/mol. The highest BCUT2D eigenvalue weighted by molar-refractivity contribution is 5.36. The van der Waals surface area contributed by atoms with Gasteiger partial charge in [0.25, 0.3) is 5.92 Å². The largest absolute Gasteiger partial charge is 0.491 e. The van der Waals surface area contributed by atoms with E-state index in [-0.39, 0.29) is 17.9 Å². The van der Waals surface area contributed by atoms with Crippen molar-refractivity contribution < 1.29 is 40.6 Å². The summed E-state index contributed by atoms with van der Waals surface area (Å²) in [5, 5.41) is 0. The van der Waals surface area contributed by atoms with Gasteiger partial charge in [0.05, 0.1) is 6.61 Å². The summed E-state index contributed by atoms with van der Waals surface area (Å²) < 4.78 is 100. The number of aryl methyl sites for hydroxylation is 1. The third-order valence-corrected chi connectivity index (χ3v) is 4.84. The van der Waals surface area contributed by atoms with Gasteiger partial charge < -0.3 is 14.2 Å². The summed E-state index contributed by atoms with van der Waals surface area (Å²) in [7, 11) is 0. The van der Waals surface area contributed by atoms with Crippen LogP contribution in [0.5, 0.6) is 17.2 Å². The first-order valence-corrected chi connectivity index (χ1v) is 10.4. The van der Waals surface area contributed by atoms with Crippen molar-refractivity contribution in [2.75, 3.05) is 13.2 Å². The molecule has 0 unspecified atom stereocenters. The van der Waals surface area contributed by atoms with Gasteiger partial charge in [-0.2, -0.15) is 13.2 Å². The Morgan fingerprint density at radius 3 is 1.82 bits per heavy atom. The van der Waals surface area contributed by atoms with Crippen LogP contribution in [0.3, 0.4) is 0 Å². The monoisotopic (exact) mass is 484 g/mol. The van der Waals surface area contributed by atoms with Crippen LogP contribution in [-0.2, 0) is 13.0 Å². The Hall–Kier alpha value is -3.36. The number of alkyl halides is 2. The molecule has 182 valence electrons. The lowest BCUT2D eigenvalue weighted by atomic mass is 10.1. The molecule has 0 spiro atoms. The number of hydrogen-bond donors (Lipinski definition) is 0. The molecule has 0 amide bonds. The predicted octanol–water partition coefficient (Wildman–Crippen LogP) is 6.79. The van der Waals surface area contributed by atoms with Crippen molar-refractivity contribution in [3.05, 3.63) is 88.5 Å². The lowest BCUT2D eigenvalue weighted by Gasteiger charge is -2.18. The summed E-state index contributed by atoms with van der Waals surface area (Å²) in [6.45, 7) is 1.77. The maximum atomic E-state index is 14.4. The van der Waals surface area contributed by atoms with Crippen LogP contribution >= 0.6 is 0 Å². The van der Waals surface area contributed by atoms with Crippen LogP contribution in [-0.4, -0.2) is 19.1 Å².